The fraction of sp³-hybridized carbons (Fsp3) is 0.526. The highest BCUT2D eigenvalue weighted by atomic mass is 32.7. The third-order valence-electron chi connectivity index (χ3n) is 6.87. The number of rotatable bonds is 8. The summed E-state index contributed by atoms with van der Waals surface area (Å²) in [7, 11) is 0. The number of hydrogen-bond acceptors (Lipinski definition) is 16. The van der Waals surface area contributed by atoms with E-state index < -0.39 is 67.3 Å². The lowest BCUT2D eigenvalue weighted by Crippen LogP contribution is -2.47. The minimum Gasteiger partial charge on any atom is -0.395 e. The van der Waals surface area contributed by atoms with Gasteiger partial charge in [0.25, 0.3) is 5.56 Å². The van der Waals surface area contributed by atoms with Crippen LogP contribution in [0.1, 0.15) is 0 Å². The van der Waals surface area contributed by atoms with Crippen LogP contribution in [0.15, 0.2) is 17.4 Å². The predicted octanol–water partition coefficient (Wildman–Crippen LogP) is -0.929. The zero-order chi connectivity index (χ0) is 30.0. The molecule has 0 bridgehead atoms. The second-order valence-corrected chi connectivity index (χ2v) is 13.5. The van der Waals surface area contributed by atoms with Crippen LogP contribution in [0, 0.1) is 0 Å². The van der Waals surface area contributed by atoms with Crippen molar-refractivity contribution in [2.45, 2.75) is 35.1 Å². The van der Waals surface area contributed by atoms with Gasteiger partial charge in [-0.25, -0.2) is 28.3 Å². The molecule has 18 nitrogen and oxygen atoms in total. The van der Waals surface area contributed by atoms with E-state index in [-0.39, 0.29) is 39.8 Å². The highest BCUT2D eigenvalue weighted by Gasteiger charge is 2.58. The number of nitrogen functional groups attached to an aromatic ring is 2. The Morgan fingerprint density at radius 3 is 2.83 bits per heavy atom. The molecule has 7 N–H and O–H groups in total. The molecule has 42 heavy (non-hydrogen) atoms. The molecule has 2 saturated heterocycles. The number of fused-ring (bicyclic) bond motifs is 2. The molecule has 4 aromatic heterocycles. The van der Waals surface area contributed by atoms with Crippen LogP contribution < -0.4 is 17.0 Å². The van der Waals surface area contributed by atoms with Crippen LogP contribution in [0.4, 0.5) is 20.5 Å². The molecule has 2 aliphatic heterocycles. The van der Waals surface area contributed by atoms with Crippen molar-refractivity contribution in [2.75, 3.05) is 37.0 Å². The highest BCUT2D eigenvalue weighted by molar-refractivity contribution is 8.44. The quantitative estimate of drug-likeness (QED) is 0.0995. The topological polar surface area (TPSA) is 257 Å². The lowest BCUT2D eigenvalue weighted by molar-refractivity contribution is -0.0737. The molecule has 4 aromatic rings. The van der Waals surface area contributed by atoms with E-state index in [4.69, 9.17) is 25.3 Å². The normalized spacial score (nSPS) is 31.3. The van der Waals surface area contributed by atoms with Crippen LogP contribution in [0.25, 0.3) is 22.3 Å². The van der Waals surface area contributed by atoms with Crippen molar-refractivity contribution in [1.29, 1.82) is 0 Å². The molecule has 0 amide bonds. The summed E-state index contributed by atoms with van der Waals surface area (Å²) >= 11 is 4.89. The summed E-state index contributed by atoms with van der Waals surface area (Å²) in [6.45, 7) is -6.61. The summed E-state index contributed by atoms with van der Waals surface area (Å²) in [5.74, 6) is -3.21. The van der Waals surface area contributed by atoms with Crippen LogP contribution in [0.2, 0.25) is 0 Å². The van der Waals surface area contributed by atoms with E-state index >= 15 is 8.78 Å². The minimum absolute atomic E-state index is 0.0000583. The Hall–Kier alpha value is -2.98. The van der Waals surface area contributed by atoms with Gasteiger partial charge in [-0.2, -0.15) is 9.67 Å². The number of aromatic nitrogens is 9. The number of nitrogens with two attached hydrogens (primary N) is 2. The summed E-state index contributed by atoms with van der Waals surface area (Å²) in [6, 6.07) is 0. The number of nitrogens with one attached hydrogen (secondary N) is 1. The first-order valence-corrected chi connectivity index (χ1v) is 15.7. The van der Waals surface area contributed by atoms with E-state index in [1.807, 2.05) is 0 Å². The van der Waals surface area contributed by atoms with Crippen LogP contribution in [-0.2, 0) is 29.9 Å². The number of thioether (sulfide) groups is 1. The zero-order valence-corrected chi connectivity index (χ0v) is 23.6. The lowest BCUT2D eigenvalue weighted by Gasteiger charge is -2.33. The van der Waals surface area contributed by atoms with Gasteiger partial charge >= 0.3 is 6.80 Å². The van der Waals surface area contributed by atoms with Crippen LogP contribution in [0.3, 0.4) is 0 Å². The summed E-state index contributed by atoms with van der Waals surface area (Å²) in [5.41, 5.74) is 7.84. The Balaban J connectivity index is 1.25. The molecular weight excluding hydrogens is 627 g/mol. The first-order valence-electron chi connectivity index (χ1n) is 12.0. The van der Waals surface area contributed by atoms with Gasteiger partial charge in [0.15, 0.2) is 28.8 Å². The second-order valence-electron chi connectivity index (χ2n) is 9.42. The summed E-state index contributed by atoms with van der Waals surface area (Å²) in [4.78, 5) is 30.2. The van der Waals surface area contributed by atoms with Gasteiger partial charge in [-0.05, 0) is 0 Å². The van der Waals surface area contributed by atoms with Gasteiger partial charge in [0.1, 0.15) is 30.7 Å². The van der Waals surface area contributed by atoms with Crippen molar-refractivity contribution >= 4 is 64.9 Å². The van der Waals surface area contributed by atoms with Crippen LogP contribution >= 0.6 is 30.8 Å². The summed E-state index contributed by atoms with van der Waals surface area (Å²) in [6.07, 6.45) is -3.19. The molecule has 0 radical (unpaired) electrons. The predicted molar refractivity (Wildman–Crippen MR) is 145 cm³/mol. The molecule has 0 saturated carbocycles. The Morgan fingerprint density at radius 2 is 2.10 bits per heavy atom. The average molecular weight is 650 g/mol. The third-order valence-corrected chi connectivity index (χ3v) is 9.88. The van der Waals surface area contributed by atoms with Crippen molar-refractivity contribution in [1.82, 2.24) is 44.5 Å². The number of halogens is 2. The molecular formula is C19H22F2N11O7PS2. The Bertz CT molecular complexity index is 1780. The number of aliphatic hydroxyl groups is 2. The maximum atomic E-state index is 16.1. The molecule has 1 unspecified atom stereocenters. The van der Waals surface area contributed by atoms with E-state index in [9.17, 15) is 19.6 Å². The SMILES string of the molecule is Nc1nc2c(nnn2[C@@]2(OP(=O)(S)OC[C@H]3OC[C@](F)(n4cnc5c(N)ncnc54)[C@@H]3O)CS[C@H](CO)[C@H]2F)c(=O)[nH]1. The van der Waals surface area contributed by atoms with Crippen LogP contribution in [0.5, 0.6) is 0 Å². The highest BCUT2D eigenvalue weighted by Crippen LogP contribution is 2.61. The number of hydrogen-bond donors (Lipinski definition) is 6. The number of alkyl halides is 2. The first kappa shape index (κ1) is 29.1. The van der Waals surface area contributed by atoms with Crippen molar-refractivity contribution in [2.24, 2.45) is 0 Å². The summed E-state index contributed by atoms with van der Waals surface area (Å²) < 4.78 is 63.5. The molecule has 0 spiro atoms. The van der Waals surface area contributed by atoms with Crippen molar-refractivity contribution in [3.8, 4) is 0 Å². The van der Waals surface area contributed by atoms with Gasteiger partial charge in [0.05, 0.1) is 24.8 Å². The van der Waals surface area contributed by atoms with Gasteiger partial charge in [0, 0.05) is 5.75 Å². The minimum atomic E-state index is -4.59. The standard InChI is InChI=1S/C19H22F2N11O7PS2/c20-11-8(1-33)42-4-19(11,32-15-10(29-30-32)16(35)28-17(23)27-15)39-40(36,41)38-2-7-12(34)18(21,3-37-7)31-6-26-9-13(22)24-5-25-14(9)31/h5-8,11-12,33-34H,1-4H2,(H,36,41)(H2,22,24,25)(H3,23,27,28,35)/t7-,8-,11-,12-,18+,19-,40?/m1/s1. The maximum Gasteiger partial charge on any atom is 0.388 e. The molecule has 23 heteroatoms. The Labute approximate surface area is 241 Å². The monoisotopic (exact) mass is 649 g/mol. The van der Waals surface area contributed by atoms with Crippen LogP contribution in [-0.4, -0.2) is 104 Å². The van der Waals surface area contributed by atoms with Gasteiger partial charge in [0.2, 0.25) is 17.5 Å². The maximum absolute atomic E-state index is 16.1. The lowest BCUT2D eigenvalue weighted by atomic mass is 10.1. The number of anilines is 2. The molecule has 7 atom stereocenters. The largest absolute Gasteiger partial charge is 0.395 e. The van der Waals surface area contributed by atoms with Gasteiger partial charge < -0.3 is 26.4 Å². The molecule has 2 fully saturated rings. The smallest absolute Gasteiger partial charge is 0.388 e. The van der Waals surface area contributed by atoms with Crippen molar-refractivity contribution in [3.05, 3.63) is 23.0 Å². The number of aliphatic hydroxyl groups excluding tert-OH is 2. The Morgan fingerprint density at radius 1 is 1.31 bits per heavy atom. The van der Waals surface area contributed by atoms with E-state index in [0.29, 0.717) is 0 Å². The Kier molecular flexibility index (Phi) is 7.16. The van der Waals surface area contributed by atoms with Crippen molar-refractivity contribution < 1.29 is 37.3 Å². The molecule has 226 valence electrons. The second kappa shape index (κ2) is 10.3. The fourth-order valence-electron chi connectivity index (χ4n) is 4.77. The molecule has 2 aliphatic rings. The molecule has 6 rings (SSSR count). The first-order chi connectivity index (χ1) is 19.9. The zero-order valence-electron chi connectivity index (χ0n) is 21.0. The number of nitrogens with zero attached hydrogens (tertiary/aromatic N) is 8. The van der Waals surface area contributed by atoms with E-state index in [1.165, 1.54) is 0 Å². The number of H-pyrrole nitrogens is 1. The van der Waals surface area contributed by atoms with Gasteiger partial charge in [-0.1, -0.05) is 17.5 Å². The fourth-order valence-corrected chi connectivity index (χ4v) is 7.79. The third kappa shape index (κ3) is 4.53. The molecule has 6 heterocycles. The molecule has 0 aliphatic carbocycles. The summed E-state index contributed by atoms with van der Waals surface area (Å²) in [5, 5.41) is 27.0. The van der Waals surface area contributed by atoms with E-state index in [0.717, 1.165) is 33.7 Å². The average Bonchev–Trinajstić information content (AvgIpc) is 3.70. The number of aromatic amines is 1. The van der Waals surface area contributed by atoms with Gasteiger partial charge in [-0.3, -0.25) is 23.4 Å². The molecule has 0 aromatic carbocycles. The number of ether oxygens (including phenoxy) is 1. The van der Waals surface area contributed by atoms with E-state index in [2.05, 4.69) is 47.5 Å². The van der Waals surface area contributed by atoms with Crippen molar-refractivity contribution in [3.63, 3.8) is 0 Å². The van der Waals surface area contributed by atoms with E-state index in [1.54, 1.807) is 0 Å². The number of imidazole rings is 1. The van der Waals surface area contributed by atoms with Gasteiger partial charge in [-0.15, -0.1) is 16.9 Å². The number of thiol groups is 1.